The minimum Gasteiger partial charge on any atom is -0.484 e. The van der Waals surface area contributed by atoms with Crippen molar-refractivity contribution < 1.29 is 13.9 Å². The van der Waals surface area contributed by atoms with Gasteiger partial charge in [0.1, 0.15) is 17.4 Å². The molecule has 0 bridgehead atoms. The highest BCUT2D eigenvalue weighted by Crippen LogP contribution is 2.20. The number of anilines is 1. The summed E-state index contributed by atoms with van der Waals surface area (Å²) in [5.74, 6) is 0.329. The van der Waals surface area contributed by atoms with E-state index in [1.807, 2.05) is 32.9 Å². The van der Waals surface area contributed by atoms with Crippen LogP contribution < -0.4 is 10.1 Å². The number of amides is 1. The van der Waals surface area contributed by atoms with Crippen LogP contribution in [0.2, 0.25) is 0 Å². The van der Waals surface area contributed by atoms with Gasteiger partial charge in [0.05, 0.1) is 11.4 Å². The maximum absolute atomic E-state index is 12.9. The molecule has 2 aromatic carbocycles. The fourth-order valence-electron chi connectivity index (χ4n) is 2.72. The van der Waals surface area contributed by atoms with Gasteiger partial charge in [-0.1, -0.05) is 6.07 Å². The largest absolute Gasteiger partial charge is 0.484 e. The van der Waals surface area contributed by atoms with Crippen molar-refractivity contribution in [1.82, 2.24) is 9.78 Å². The first-order valence-corrected chi connectivity index (χ1v) is 8.24. The maximum atomic E-state index is 12.9. The number of rotatable bonds is 5. The molecule has 0 spiro atoms. The topological polar surface area (TPSA) is 56.2 Å². The molecule has 1 aromatic heterocycles. The third-order valence-corrected chi connectivity index (χ3v) is 3.73. The van der Waals surface area contributed by atoms with Crippen LogP contribution in [0, 0.1) is 26.6 Å². The second kappa shape index (κ2) is 7.39. The van der Waals surface area contributed by atoms with Gasteiger partial charge in [0.2, 0.25) is 0 Å². The van der Waals surface area contributed by atoms with Crippen molar-refractivity contribution in [2.75, 3.05) is 11.9 Å². The lowest BCUT2D eigenvalue weighted by molar-refractivity contribution is -0.118. The average molecular weight is 353 g/mol. The van der Waals surface area contributed by atoms with E-state index in [0.29, 0.717) is 11.6 Å². The molecule has 3 rings (SSSR count). The van der Waals surface area contributed by atoms with Gasteiger partial charge >= 0.3 is 0 Å². The molecule has 134 valence electrons. The number of halogens is 1. The van der Waals surface area contributed by atoms with Gasteiger partial charge in [-0.2, -0.15) is 5.10 Å². The lowest BCUT2D eigenvalue weighted by Gasteiger charge is -2.11. The number of hydrogen-bond donors (Lipinski definition) is 1. The van der Waals surface area contributed by atoms with E-state index in [4.69, 9.17) is 4.74 Å². The molecule has 0 saturated carbocycles. The van der Waals surface area contributed by atoms with Crippen LogP contribution in [0.25, 0.3) is 5.69 Å². The predicted molar refractivity (Wildman–Crippen MR) is 98.3 cm³/mol. The molecule has 3 aromatic rings. The van der Waals surface area contributed by atoms with Crippen LogP contribution in [0.15, 0.2) is 48.5 Å². The lowest BCUT2D eigenvalue weighted by atomic mass is 10.1. The van der Waals surface area contributed by atoms with E-state index in [2.05, 4.69) is 16.5 Å². The Kier molecular flexibility index (Phi) is 5.02. The first-order chi connectivity index (χ1) is 12.4. The first-order valence-electron chi connectivity index (χ1n) is 8.24. The van der Waals surface area contributed by atoms with Gasteiger partial charge in [0, 0.05) is 6.07 Å². The fraction of sp³-hybridized carbons (Fsp3) is 0.200. The highest BCUT2D eigenvalue weighted by atomic mass is 19.1. The number of carbonyl (C=O) groups is 1. The van der Waals surface area contributed by atoms with Gasteiger partial charge in [0.15, 0.2) is 6.61 Å². The van der Waals surface area contributed by atoms with Crippen molar-refractivity contribution in [2.24, 2.45) is 0 Å². The summed E-state index contributed by atoms with van der Waals surface area (Å²) in [4.78, 5) is 12.2. The standard InChI is InChI=1S/C20H20FN3O2/c1-13-8-14(2)10-17(9-13)24-19(11-15(3)23-24)22-20(25)12-26-18-6-4-16(21)5-7-18/h4-11H,12H2,1-3H3,(H,22,25). The van der Waals surface area contributed by atoms with Crippen molar-refractivity contribution >= 4 is 11.7 Å². The van der Waals surface area contributed by atoms with E-state index in [1.54, 1.807) is 10.7 Å². The van der Waals surface area contributed by atoms with Crippen molar-refractivity contribution in [1.29, 1.82) is 0 Å². The summed E-state index contributed by atoms with van der Waals surface area (Å²) in [6, 6.07) is 13.4. The summed E-state index contributed by atoms with van der Waals surface area (Å²) in [7, 11) is 0. The van der Waals surface area contributed by atoms with E-state index in [-0.39, 0.29) is 18.3 Å². The summed E-state index contributed by atoms with van der Waals surface area (Å²) in [5, 5.41) is 7.28. The highest BCUT2D eigenvalue weighted by molar-refractivity contribution is 5.91. The Morgan fingerprint density at radius 3 is 2.38 bits per heavy atom. The molecule has 0 aliphatic heterocycles. The number of aromatic nitrogens is 2. The summed E-state index contributed by atoms with van der Waals surface area (Å²) in [6.07, 6.45) is 0. The zero-order valence-electron chi connectivity index (χ0n) is 14.9. The van der Waals surface area contributed by atoms with Crippen LogP contribution in [0.4, 0.5) is 10.2 Å². The molecule has 0 saturated heterocycles. The van der Waals surface area contributed by atoms with Gasteiger partial charge in [-0.25, -0.2) is 9.07 Å². The Bertz CT molecular complexity index is 912. The monoisotopic (exact) mass is 353 g/mol. The second-order valence-corrected chi connectivity index (χ2v) is 6.22. The van der Waals surface area contributed by atoms with Crippen molar-refractivity contribution in [3.63, 3.8) is 0 Å². The van der Waals surface area contributed by atoms with Crippen LogP contribution >= 0.6 is 0 Å². The smallest absolute Gasteiger partial charge is 0.263 e. The summed E-state index contributed by atoms with van der Waals surface area (Å²) in [6.45, 7) is 5.72. The number of hydrogen-bond acceptors (Lipinski definition) is 3. The molecule has 1 heterocycles. The normalized spacial score (nSPS) is 10.6. The second-order valence-electron chi connectivity index (χ2n) is 6.22. The van der Waals surface area contributed by atoms with E-state index in [9.17, 15) is 9.18 Å². The van der Waals surface area contributed by atoms with Gasteiger partial charge in [-0.3, -0.25) is 4.79 Å². The van der Waals surface area contributed by atoms with E-state index in [0.717, 1.165) is 22.5 Å². The van der Waals surface area contributed by atoms with Gasteiger partial charge < -0.3 is 10.1 Å². The van der Waals surface area contributed by atoms with Gasteiger partial charge in [-0.15, -0.1) is 0 Å². The minimum atomic E-state index is -0.352. The maximum Gasteiger partial charge on any atom is 0.263 e. The number of nitrogens with zero attached hydrogens (tertiary/aromatic N) is 2. The molecular weight excluding hydrogens is 333 g/mol. The number of benzene rings is 2. The number of ether oxygens (including phenoxy) is 1. The Balaban J connectivity index is 1.73. The molecule has 6 heteroatoms. The third kappa shape index (κ3) is 4.27. The molecule has 0 radical (unpaired) electrons. The zero-order valence-corrected chi connectivity index (χ0v) is 14.9. The summed E-state index contributed by atoms with van der Waals surface area (Å²) >= 11 is 0. The van der Waals surface area contributed by atoms with Crippen molar-refractivity contribution in [2.45, 2.75) is 20.8 Å². The van der Waals surface area contributed by atoms with Crippen LogP contribution in [0.1, 0.15) is 16.8 Å². The molecule has 0 atom stereocenters. The van der Waals surface area contributed by atoms with Crippen LogP contribution in [-0.4, -0.2) is 22.3 Å². The number of nitrogens with one attached hydrogen (secondary N) is 1. The summed E-state index contributed by atoms with van der Waals surface area (Å²) < 4.78 is 20.0. The third-order valence-electron chi connectivity index (χ3n) is 3.73. The molecular formula is C20H20FN3O2. The first kappa shape index (κ1) is 17.7. The van der Waals surface area contributed by atoms with Crippen molar-refractivity contribution in [3.05, 3.63) is 71.2 Å². The van der Waals surface area contributed by atoms with Crippen molar-refractivity contribution in [3.8, 4) is 11.4 Å². The highest BCUT2D eigenvalue weighted by Gasteiger charge is 2.12. The van der Waals surface area contributed by atoms with Gasteiger partial charge in [-0.05, 0) is 68.3 Å². The molecule has 26 heavy (non-hydrogen) atoms. The van der Waals surface area contributed by atoms with E-state index >= 15 is 0 Å². The Morgan fingerprint density at radius 2 is 1.73 bits per heavy atom. The average Bonchev–Trinajstić information content (AvgIpc) is 2.94. The Hall–Kier alpha value is -3.15. The zero-order chi connectivity index (χ0) is 18.7. The van der Waals surface area contributed by atoms with E-state index < -0.39 is 0 Å². The Labute approximate surface area is 151 Å². The van der Waals surface area contributed by atoms with Crippen LogP contribution in [0.3, 0.4) is 0 Å². The molecule has 1 N–H and O–H groups in total. The lowest BCUT2D eigenvalue weighted by Crippen LogP contribution is -2.21. The predicted octanol–water partition coefficient (Wildman–Crippen LogP) is 3.95. The van der Waals surface area contributed by atoms with E-state index in [1.165, 1.54) is 24.3 Å². The molecule has 0 aliphatic carbocycles. The summed E-state index contributed by atoms with van der Waals surface area (Å²) in [5.41, 5.74) is 3.90. The van der Waals surface area contributed by atoms with Gasteiger partial charge in [0.25, 0.3) is 5.91 Å². The number of aryl methyl sites for hydroxylation is 3. The SMILES string of the molecule is Cc1cc(C)cc(-n2nc(C)cc2NC(=O)COc2ccc(F)cc2)c1. The quantitative estimate of drug-likeness (QED) is 0.755. The minimum absolute atomic E-state index is 0.178. The molecule has 5 nitrogen and oxygen atoms in total. The van der Waals surface area contributed by atoms with Crippen LogP contribution in [0.5, 0.6) is 5.75 Å². The molecule has 0 unspecified atom stereocenters. The molecule has 1 amide bonds. The fourth-order valence-corrected chi connectivity index (χ4v) is 2.72. The Morgan fingerprint density at radius 1 is 1.08 bits per heavy atom. The molecule has 0 aliphatic rings. The molecule has 0 fully saturated rings. The number of carbonyl (C=O) groups excluding carboxylic acids is 1. The van der Waals surface area contributed by atoms with Crippen LogP contribution in [-0.2, 0) is 4.79 Å².